The van der Waals surface area contributed by atoms with Gasteiger partial charge in [0.25, 0.3) is 0 Å². The SMILES string of the molecule is O=C(O)c1cc(C(=O)O)c(C(=O)O)c(-c2cc(C(=O)O)cc(C(=O)OCCCO)c2C(=O)O)c1. The second kappa shape index (κ2) is 10.2. The van der Waals surface area contributed by atoms with Gasteiger partial charge in [-0.3, -0.25) is 0 Å². The monoisotopic (exact) mass is 476 g/mol. The van der Waals surface area contributed by atoms with Gasteiger partial charge in [0.15, 0.2) is 0 Å². The fourth-order valence-electron chi connectivity index (χ4n) is 3.05. The van der Waals surface area contributed by atoms with Gasteiger partial charge in [0.2, 0.25) is 0 Å². The Bertz CT molecular complexity index is 1230. The normalized spacial score (nSPS) is 10.4. The largest absolute Gasteiger partial charge is 0.478 e. The van der Waals surface area contributed by atoms with E-state index in [4.69, 9.17) is 9.84 Å². The van der Waals surface area contributed by atoms with E-state index in [2.05, 4.69) is 0 Å². The number of hydrogen-bond donors (Lipinski definition) is 6. The predicted molar refractivity (Wildman–Crippen MR) is 109 cm³/mol. The van der Waals surface area contributed by atoms with Crippen molar-refractivity contribution < 1.29 is 64.1 Å². The number of carboxylic acid groups (broad SMARTS) is 5. The number of hydrogen-bond acceptors (Lipinski definition) is 8. The topological polar surface area (TPSA) is 233 Å². The second-order valence-electron chi connectivity index (χ2n) is 6.63. The molecule has 0 radical (unpaired) electrons. The number of ether oxygens (including phenoxy) is 1. The third kappa shape index (κ3) is 5.16. The van der Waals surface area contributed by atoms with Gasteiger partial charge in [0.1, 0.15) is 0 Å². The molecule has 0 bridgehead atoms. The van der Waals surface area contributed by atoms with Crippen LogP contribution in [0.4, 0.5) is 0 Å². The number of esters is 1. The third-order valence-electron chi connectivity index (χ3n) is 4.47. The van der Waals surface area contributed by atoms with E-state index in [1.165, 1.54) is 0 Å². The molecule has 0 aromatic heterocycles. The third-order valence-corrected chi connectivity index (χ3v) is 4.47. The zero-order chi connectivity index (χ0) is 25.7. The first-order valence-electron chi connectivity index (χ1n) is 9.21. The number of carboxylic acids is 5. The average Bonchev–Trinajstić information content (AvgIpc) is 2.76. The summed E-state index contributed by atoms with van der Waals surface area (Å²) in [6.45, 7) is -0.736. The van der Waals surface area contributed by atoms with Gasteiger partial charge >= 0.3 is 35.8 Å². The Morgan fingerprint density at radius 1 is 0.618 bits per heavy atom. The van der Waals surface area contributed by atoms with Crippen LogP contribution >= 0.6 is 0 Å². The van der Waals surface area contributed by atoms with Gasteiger partial charge in [-0.15, -0.1) is 0 Å². The predicted octanol–water partition coefficient (Wildman–Crippen LogP) is 1.38. The summed E-state index contributed by atoms with van der Waals surface area (Å²) in [5, 5.41) is 56.4. The molecule has 0 unspecified atom stereocenters. The smallest absolute Gasteiger partial charge is 0.339 e. The summed E-state index contributed by atoms with van der Waals surface area (Å²) in [7, 11) is 0. The molecule has 0 saturated heterocycles. The van der Waals surface area contributed by atoms with Gasteiger partial charge in [-0.25, -0.2) is 28.8 Å². The highest BCUT2D eigenvalue weighted by atomic mass is 16.5. The minimum Gasteiger partial charge on any atom is -0.478 e. The lowest BCUT2D eigenvalue weighted by Crippen LogP contribution is -2.18. The number of aliphatic hydroxyl groups excluding tert-OH is 1. The summed E-state index contributed by atoms with van der Waals surface area (Å²) >= 11 is 0. The van der Waals surface area contributed by atoms with Crippen LogP contribution in [0.15, 0.2) is 24.3 Å². The molecule has 0 aliphatic heterocycles. The first kappa shape index (κ1) is 25.5. The summed E-state index contributed by atoms with van der Waals surface area (Å²) < 4.78 is 4.83. The van der Waals surface area contributed by atoms with Crippen molar-refractivity contribution in [2.45, 2.75) is 6.42 Å². The van der Waals surface area contributed by atoms with Crippen LogP contribution in [0.2, 0.25) is 0 Å². The van der Waals surface area contributed by atoms with E-state index in [0.29, 0.717) is 24.3 Å². The Morgan fingerprint density at radius 2 is 1.06 bits per heavy atom. The summed E-state index contributed by atoms with van der Waals surface area (Å²) in [6, 6.07) is 2.54. The number of carbonyl (C=O) groups excluding carboxylic acids is 1. The molecule has 0 atom stereocenters. The van der Waals surface area contributed by atoms with E-state index in [1.807, 2.05) is 0 Å². The Kier molecular flexibility index (Phi) is 7.66. The number of carbonyl (C=O) groups is 6. The van der Waals surface area contributed by atoms with Gasteiger partial charge in [-0.05, 0) is 35.4 Å². The zero-order valence-electron chi connectivity index (χ0n) is 17.0. The highest BCUT2D eigenvalue weighted by Crippen LogP contribution is 2.34. The summed E-state index contributed by atoms with van der Waals surface area (Å²) in [5.74, 6) is -10.2. The van der Waals surface area contributed by atoms with Crippen LogP contribution in [0.1, 0.15) is 68.6 Å². The molecular formula is C21H16O13. The van der Waals surface area contributed by atoms with Crippen molar-refractivity contribution in [2.24, 2.45) is 0 Å². The quantitative estimate of drug-likeness (QED) is 0.210. The lowest BCUT2D eigenvalue weighted by Gasteiger charge is -2.16. The number of benzene rings is 2. The van der Waals surface area contributed by atoms with E-state index < -0.39 is 80.3 Å². The lowest BCUT2D eigenvalue weighted by molar-refractivity contribution is 0.0471. The molecule has 0 spiro atoms. The maximum absolute atomic E-state index is 12.5. The van der Waals surface area contributed by atoms with Crippen molar-refractivity contribution in [1.29, 1.82) is 0 Å². The van der Waals surface area contributed by atoms with Gasteiger partial charge < -0.3 is 35.4 Å². The fraction of sp³-hybridized carbons (Fsp3) is 0.143. The summed E-state index contributed by atoms with van der Waals surface area (Å²) in [6.07, 6.45) is -0.0224. The number of aromatic carboxylic acids is 5. The van der Waals surface area contributed by atoms with Crippen molar-refractivity contribution in [3.05, 3.63) is 57.6 Å². The Hall–Kier alpha value is -4.78. The molecule has 13 heteroatoms. The molecule has 2 rings (SSSR count). The van der Waals surface area contributed by atoms with Gasteiger partial charge in [-0.2, -0.15) is 0 Å². The van der Waals surface area contributed by atoms with E-state index in [1.54, 1.807) is 0 Å². The maximum atomic E-state index is 12.5. The molecule has 2 aromatic carbocycles. The van der Waals surface area contributed by atoms with E-state index in [-0.39, 0.29) is 19.6 Å². The van der Waals surface area contributed by atoms with Crippen molar-refractivity contribution in [1.82, 2.24) is 0 Å². The average molecular weight is 476 g/mol. The molecule has 0 aliphatic carbocycles. The minimum atomic E-state index is -1.88. The van der Waals surface area contributed by atoms with Crippen molar-refractivity contribution in [3.63, 3.8) is 0 Å². The molecule has 34 heavy (non-hydrogen) atoms. The molecule has 0 amide bonds. The molecular weight excluding hydrogens is 460 g/mol. The van der Waals surface area contributed by atoms with Crippen molar-refractivity contribution >= 4 is 35.8 Å². The van der Waals surface area contributed by atoms with Crippen LogP contribution < -0.4 is 0 Å². The zero-order valence-corrected chi connectivity index (χ0v) is 17.0. The molecule has 0 saturated carbocycles. The van der Waals surface area contributed by atoms with Gasteiger partial charge in [0.05, 0.1) is 40.0 Å². The molecule has 6 N–H and O–H groups in total. The highest BCUT2D eigenvalue weighted by molar-refractivity contribution is 6.14. The van der Waals surface area contributed by atoms with Gasteiger partial charge in [-0.1, -0.05) is 0 Å². The maximum Gasteiger partial charge on any atom is 0.339 e. The van der Waals surface area contributed by atoms with E-state index >= 15 is 0 Å². The van der Waals surface area contributed by atoms with Gasteiger partial charge in [0, 0.05) is 13.0 Å². The Labute approximate surface area is 189 Å². The van der Waals surface area contributed by atoms with Crippen molar-refractivity contribution in [3.8, 4) is 11.1 Å². The van der Waals surface area contributed by atoms with E-state index in [9.17, 15) is 54.3 Å². The molecule has 13 nitrogen and oxygen atoms in total. The van der Waals surface area contributed by atoms with E-state index in [0.717, 1.165) is 0 Å². The molecule has 0 fully saturated rings. The van der Waals surface area contributed by atoms with Crippen LogP contribution in [0.25, 0.3) is 11.1 Å². The van der Waals surface area contributed by atoms with Crippen molar-refractivity contribution in [2.75, 3.05) is 13.2 Å². The van der Waals surface area contributed by atoms with Crippen LogP contribution in [0.5, 0.6) is 0 Å². The number of aliphatic hydroxyl groups is 1. The highest BCUT2D eigenvalue weighted by Gasteiger charge is 2.30. The number of rotatable bonds is 10. The lowest BCUT2D eigenvalue weighted by atomic mass is 9.87. The molecule has 0 heterocycles. The van der Waals surface area contributed by atoms with Crippen LogP contribution in [-0.4, -0.2) is 79.7 Å². The van der Waals surface area contributed by atoms with Crippen LogP contribution in [0.3, 0.4) is 0 Å². The van der Waals surface area contributed by atoms with Crippen LogP contribution in [0, 0.1) is 0 Å². The molecule has 178 valence electrons. The fourth-order valence-corrected chi connectivity index (χ4v) is 3.05. The summed E-state index contributed by atoms with van der Waals surface area (Å²) in [5.41, 5.74) is -6.70. The molecule has 2 aromatic rings. The second-order valence-corrected chi connectivity index (χ2v) is 6.63. The Morgan fingerprint density at radius 3 is 1.44 bits per heavy atom. The molecule has 0 aliphatic rings. The summed E-state index contributed by atoms with van der Waals surface area (Å²) in [4.78, 5) is 71.3. The first-order valence-corrected chi connectivity index (χ1v) is 9.21. The Balaban J connectivity index is 3.05. The standard InChI is InChI=1S/C21H16O13/c22-2-1-3-34-21(33)13-7-9(17(25)26)5-11(15(13)20(31)32)10-4-8(16(23)24)6-12(18(27)28)14(10)19(29)30/h4-7,22H,1-3H2,(H,23,24)(H,25,26)(H,27,28)(H,29,30)(H,31,32). The first-order chi connectivity index (χ1) is 15.9. The minimum absolute atomic E-state index is 0.0224. The van der Waals surface area contributed by atoms with Crippen LogP contribution in [-0.2, 0) is 4.74 Å².